The average Bonchev–Trinajstić information content (AvgIpc) is 2.13. The zero-order valence-electron chi connectivity index (χ0n) is 8.27. The maximum absolute atomic E-state index is 11.7. The Bertz CT molecular complexity index is 218. The van der Waals surface area contributed by atoms with Gasteiger partial charge < -0.3 is 10.1 Å². The van der Waals surface area contributed by atoms with Gasteiger partial charge in [0.05, 0.1) is 0 Å². The van der Waals surface area contributed by atoms with Crippen LogP contribution in [0.4, 0.5) is 13.2 Å². The maximum atomic E-state index is 11.7. The molecule has 15 heavy (non-hydrogen) atoms. The van der Waals surface area contributed by atoms with Gasteiger partial charge in [0.15, 0.2) is 0 Å². The third-order valence-corrected chi connectivity index (χ3v) is 2.27. The number of alkyl halides is 3. The van der Waals surface area contributed by atoms with Gasteiger partial charge in [-0.1, -0.05) is 0 Å². The highest BCUT2D eigenvalue weighted by Crippen LogP contribution is 2.15. The van der Waals surface area contributed by atoms with Gasteiger partial charge in [0, 0.05) is 32.0 Å². The summed E-state index contributed by atoms with van der Waals surface area (Å²) in [6.07, 6.45) is -3.46. The molecule has 0 aromatic heterocycles. The average molecular weight is 225 g/mol. The number of halogens is 3. The van der Waals surface area contributed by atoms with Crippen LogP contribution in [0.3, 0.4) is 0 Å². The molecule has 1 saturated heterocycles. The van der Waals surface area contributed by atoms with Crippen molar-refractivity contribution in [3.63, 3.8) is 0 Å². The molecule has 0 amide bonds. The Labute approximate surface area is 86.0 Å². The number of Topliss-reactive ketones (excluding diaryl/α,β-unsaturated/α-hetero) is 1. The Morgan fingerprint density at radius 3 is 2.80 bits per heavy atom. The van der Waals surface area contributed by atoms with Crippen molar-refractivity contribution in [2.75, 3.05) is 26.3 Å². The first-order chi connectivity index (χ1) is 6.99. The minimum atomic E-state index is -4.28. The predicted molar refractivity (Wildman–Crippen MR) is 47.5 cm³/mol. The fraction of sp³-hybridized carbons (Fsp3) is 0.889. The van der Waals surface area contributed by atoms with Gasteiger partial charge in [0.1, 0.15) is 12.4 Å². The maximum Gasteiger partial charge on any atom is 0.411 e. The quantitative estimate of drug-likeness (QED) is 0.729. The Morgan fingerprint density at radius 1 is 1.47 bits per heavy atom. The largest absolute Gasteiger partial charge is 0.411 e. The summed E-state index contributed by atoms with van der Waals surface area (Å²) >= 11 is 0. The Morgan fingerprint density at radius 2 is 2.20 bits per heavy atom. The normalized spacial score (nSPS) is 23.1. The van der Waals surface area contributed by atoms with Gasteiger partial charge in [-0.25, -0.2) is 0 Å². The van der Waals surface area contributed by atoms with Crippen molar-refractivity contribution < 1.29 is 22.7 Å². The summed E-state index contributed by atoms with van der Waals surface area (Å²) in [4.78, 5) is 11.3. The number of hydrogen-bond donors (Lipinski definition) is 1. The third kappa shape index (κ3) is 5.13. The summed E-state index contributed by atoms with van der Waals surface area (Å²) in [5.74, 6) is -0.0728. The van der Waals surface area contributed by atoms with Crippen molar-refractivity contribution in [3.05, 3.63) is 0 Å². The van der Waals surface area contributed by atoms with Crippen molar-refractivity contribution in [1.82, 2.24) is 5.32 Å². The predicted octanol–water partition coefficient (Wildman–Crippen LogP) is 1.13. The minimum absolute atomic E-state index is 0.0163. The second-order valence-electron chi connectivity index (χ2n) is 3.57. The van der Waals surface area contributed by atoms with E-state index in [9.17, 15) is 18.0 Å². The number of rotatable bonds is 4. The van der Waals surface area contributed by atoms with E-state index in [0.29, 0.717) is 25.9 Å². The van der Waals surface area contributed by atoms with E-state index in [0.717, 1.165) is 0 Å². The zero-order valence-corrected chi connectivity index (χ0v) is 8.27. The summed E-state index contributed by atoms with van der Waals surface area (Å²) < 4.78 is 39.5. The summed E-state index contributed by atoms with van der Waals surface area (Å²) in [6.45, 7) is -0.0358. The van der Waals surface area contributed by atoms with Crippen molar-refractivity contribution in [3.8, 4) is 0 Å². The lowest BCUT2D eigenvalue weighted by Crippen LogP contribution is -2.37. The van der Waals surface area contributed by atoms with Gasteiger partial charge >= 0.3 is 6.18 Å². The summed E-state index contributed by atoms with van der Waals surface area (Å²) in [5, 5.41) is 3.02. The second kappa shape index (κ2) is 5.46. The van der Waals surface area contributed by atoms with Gasteiger partial charge in [0.25, 0.3) is 0 Å². The standard InChI is InChI=1S/C9H14F3NO2/c10-9(11,12)6-15-4-2-7-5-13-3-1-8(7)14/h7,13H,1-6H2. The Kier molecular flexibility index (Phi) is 4.53. The summed E-state index contributed by atoms with van der Waals surface area (Å²) in [5.41, 5.74) is 0. The number of hydrogen-bond acceptors (Lipinski definition) is 3. The fourth-order valence-corrected chi connectivity index (χ4v) is 1.48. The van der Waals surface area contributed by atoms with Crippen LogP contribution < -0.4 is 5.32 Å². The number of carbonyl (C=O) groups is 1. The zero-order chi connectivity index (χ0) is 11.3. The molecule has 6 heteroatoms. The molecule has 1 aliphatic heterocycles. The van der Waals surface area contributed by atoms with Crippen LogP contribution in [0.5, 0.6) is 0 Å². The molecule has 0 aromatic carbocycles. The molecule has 1 heterocycles. The van der Waals surface area contributed by atoms with Crippen molar-refractivity contribution in [1.29, 1.82) is 0 Å². The minimum Gasteiger partial charge on any atom is -0.372 e. The van der Waals surface area contributed by atoms with Crippen LogP contribution in [-0.2, 0) is 9.53 Å². The van der Waals surface area contributed by atoms with Gasteiger partial charge in [-0.3, -0.25) is 4.79 Å². The molecule has 0 saturated carbocycles. The SMILES string of the molecule is O=C1CCNCC1CCOCC(F)(F)F. The van der Waals surface area contributed by atoms with E-state index in [2.05, 4.69) is 10.1 Å². The summed E-state index contributed by atoms with van der Waals surface area (Å²) in [7, 11) is 0. The van der Waals surface area contributed by atoms with Gasteiger partial charge in [-0.15, -0.1) is 0 Å². The number of ether oxygens (including phenoxy) is 1. The lowest BCUT2D eigenvalue weighted by atomic mass is 9.95. The van der Waals surface area contributed by atoms with Crippen LogP contribution in [0.1, 0.15) is 12.8 Å². The first-order valence-electron chi connectivity index (χ1n) is 4.87. The first-order valence-corrected chi connectivity index (χ1v) is 4.87. The van der Waals surface area contributed by atoms with Gasteiger partial charge in [-0.05, 0) is 6.42 Å². The highest BCUT2D eigenvalue weighted by Gasteiger charge is 2.28. The van der Waals surface area contributed by atoms with Crippen LogP contribution in [0, 0.1) is 5.92 Å². The molecule has 1 N–H and O–H groups in total. The highest BCUT2D eigenvalue weighted by molar-refractivity contribution is 5.82. The van der Waals surface area contributed by atoms with Crippen LogP contribution in [0.2, 0.25) is 0 Å². The molecule has 1 atom stereocenters. The van der Waals surface area contributed by atoms with Crippen molar-refractivity contribution in [2.24, 2.45) is 5.92 Å². The van der Waals surface area contributed by atoms with Crippen molar-refractivity contribution >= 4 is 5.78 Å². The van der Waals surface area contributed by atoms with Crippen LogP contribution in [-0.4, -0.2) is 38.3 Å². The lowest BCUT2D eigenvalue weighted by molar-refractivity contribution is -0.174. The van der Waals surface area contributed by atoms with Crippen LogP contribution >= 0.6 is 0 Å². The lowest BCUT2D eigenvalue weighted by Gasteiger charge is -2.21. The first kappa shape index (κ1) is 12.4. The molecule has 0 radical (unpaired) electrons. The van der Waals surface area contributed by atoms with Gasteiger partial charge in [0.2, 0.25) is 0 Å². The van der Waals surface area contributed by atoms with E-state index in [4.69, 9.17) is 0 Å². The molecule has 1 rings (SSSR count). The number of carbonyl (C=O) groups excluding carboxylic acids is 1. The molecule has 0 aromatic rings. The van der Waals surface area contributed by atoms with E-state index in [-0.39, 0.29) is 18.3 Å². The molecular weight excluding hydrogens is 211 g/mol. The highest BCUT2D eigenvalue weighted by atomic mass is 19.4. The van der Waals surface area contributed by atoms with E-state index in [1.54, 1.807) is 0 Å². The van der Waals surface area contributed by atoms with Crippen LogP contribution in [0.25, 0.3) is 0 Å². The summed E-state index contributed by atoms with van der Waals surface area (Å²) in [6, 6.07) is 0. The monoisotopic (exact) mass is 225 g/mol. The molecule has 1 fully saturated rings. The number of nitrogens with one attached hydrogen (secondary N) is 1. The second-order valence-corrected chi connectivity index (χ2v) is 3.57. The van der Waals surface area contributed by atoms with Gasteiger partial charge in [-0.2, -0.15) is 13.2 Å². The third-order valence-electron chi connectivity index (χ3n) is 2.27. The molecule has 0 aliphatic carbocycles. The van der Waals surface area contributed by atoms with Crippen molar-refractivity contribution in [2.45, 2.75) is 19.0 Å². The van der Waals surface area contributed by atoms with E-state index in [1.165, 1.54) is 0 Å². The smallest absolute Gasteiger partial charge is 0.372 e. The molecule has 1 aliphatic rings. The van der Waals surface area contributed by atoms with E-state index >= 15 is 0 Å². The topological polar surface area (TPSA) is 38.3 Å². The molecule has 1 unspecified atom stereocenters. The molecule has 0 spiro atoms. The molecule has 88 valence electrons. The number of piperidine rings is 1. The Balaban J connectivity index is 2.11. The fourth-order valence-electron chi connectivity index (χ4n) is 1.48. The van der Waals surface area contributed by atoms with E-state index < -0.39 is 12.8 Å². The van der Waals surface area contributed by atoms with E-state index in [1.807, 2.05) is 0 Å². The molecule has 3 nitrogen and oxygen atoms in total. The number of ketones is 1. The Hall–Kier alpha value is -0.620. The molecule has 0 bridgehead atoms. The molecular formula is C9H14F3NO2. The van der Waals surface area contributed by atoms with Crippen LogP contribution in [0.15, 0.2) is 0 Å².